The first-order valence-electron chi connectivity index (χ1n) is 6.60. The van der Waals surface area contributed by atoms with E-state index in [-0.39, 0.29) is 5.75 Å². The second kappa shape index (κ2) is 5.64. The summed E-state index contributed by atoms with van der Waals surface area (Å²) in [7, 11) is 0. The van der Waals surface area contributed by atoms with Gasteiger partial charge in [-0.2, -0.15) is 8.78 Å². The average molecular weight is 283 g/mol. The Morgan fingerprint density at radius 2 is 2.25 bits per heavy atom. The Kier molecular flexibility index (Phi) is 4.11. The van der Waals surface area contributed by atoms with Gasteiger partial charge in [-0.1, -0.05) is 19.1 Å². The molecule has 1 aliphatic rings. The predicted octanol–water partition coefficient (Wildman–Crippen LogP) is 2.54. The molecule has 1 aliphatic heterocycles. The number of nitrogens with two attached hydrogens (primary N) is 1. The van der Waals surface area contributed by atoms with E-state index in [2.05, 4.69) is 16.7 Å². The van der Waals surface area contributed by atoms with E-state index in [0.29, 0.717) is 12.5 Å². The fourth-order valence-corrected chi connectivity index (χ4v) is 2.50. The number of rotatable bonds is 5. The van der Waals surface area contributed by atoms with Gasteiger partial charge in [0.25, 0.3) is 0 Å². The number of nitrogens with zero attached hydrogens (tertiary/aromatic N) is 2. The number of aliphatic imine (C=N–C) groups is 1. The van der Waals surface area contributed by atoms with Gasteiger partial charge in [0.1, 0.15) is 5.75 Å². The second-order valence-corrected chi connectivity index (χ2v) is 5.01. The van der Waals surface area contributed by atoms with Gasteiger partial charge in [0.05, 0.1) is 12.1 Å². The van der Waals surface area contributed by atoms with E-state index >= 15 is 0 Å². The third-order valence-electron chi connectivity index (χ3n) is 3.55. The molecule has 0 bridgehead atoms. The van der Waals surface area contributed by atoms with E-state index in [9.17, 15) is 8.78 Å². The summed E-state index contributed by atoms with van der Waals surface area (Å²) >= 11 is 0. The minimum Gasteiger partial charge on any atom is -0.435 e. The van der Waals surface area contributed by atoms with Crippen molar-refractivity contribution in [1.29, 1.82) is 0 Å². The van der Waals surface area contributed by atoms with E-state index in [1.165, 1.54) is 6.07 Å². The van der Waals surface area contributed by atoms with Crippen molar-refractivity contribution < 1.29 is 13.5 Å². The van der Waals surface area contributed by atoms with Gasteiger partial charge < -0.3 is 15.4 Å². The molecule has 1 aromatic carbocycles. The molecule has 0 aliphatic carbocycles. The Bertz CT molecular complexity index is 507. The van der Waals surface area contributed by atoms with Crippen LogP contribution in [0.1, 0.15) is 25.8 Å². The lowest BCUT2D eigenvalue weighted by Gasteiger charge is -2.36. The molecule has 0 radical (unpaired) electrons. The topological polar surface area (TPSA) is 50.8 Å². The zero-order valence-corrected chi connectivity index (χ0v) is 11.6. The quantitative estimate of drug-likeness (QED) is 0.903. The van der Waals surface area contributed by atoms with Crippen LogP contribution in [0.3, 0.4) is 0 Å². The SMILES string of the molecule is CCCN1C(N)=NCC1(C)c1cccc(OC(F)F)c1. The van der Waals surface area contributed by atoms with Crippen LogP contribution in [0.2, 0.25) is 0 Å². The maximum absolute atomic E-state index is 12.3. The number of benzene rings is 1. The Morgan fingerprint density at radius 3 is 2.90 bits per heavy atom. The third kappa shape index (κ3) is 2.69. The average Bonchev–Trinajstić information content (AvgIpc) is 2.68. The lowest BCUT2D eigenvalue weighted by atomic mass is 9.91. The van der Waals surface area contributed by atoms with Crippen LogP contribution in [0.4, 0.5) is 8.78 Å². The molecule has 20 heavy (non-hydrogen) atoms. The van der Waals surface area contributed by atoms with Crippen LogP contribution in [0.5, 0.6) is 5.75 Å². The molecule has 6 heteroatoms. The van der Waals surface area contributed by atoms with Crippen LogP contribution >= 0.6 is 0 Å². The highest BCUT2D eigenvalue weighted by molar-refractivity contribution is 5.81. The Hall–Kier alpha value is -1.85. The van der Waals surface area contributed by atoms with E-state index in [0.717, 1.165) is 18.5 Å². The standard InChI is InChI=1S/C14H19F2N3O/c1-3-7-19-13(17)18-9-14(19,2)10-5-4-6-11(8-10)20-12(15)16/h4-6,8,12H,3,7,9H2,1-2H3,(H2,17,18). The van der Waals surface area contributed by atoms with Crippen molar-refractivity contribution >= 4 is 5.96 Å². The van der Waals surface area contributed by atoms with Crippen molar-refractivity contribution in [3.8, 4) is 5.75 Å². The normalized spacial score (nSPS) is 22.2. The lowest BCUT2D eigenvalue weighted by molar-refractivity contribution is -0.0499. The zero-order chi connectivity index (χ0) is 14.8. The van der Waals surface area contributed by atoms with Gasteiger partial charge in [-0.05, 0) is 31.0 Å². The number of halogens is 2. The van der Waals surface area contributed by atoms with Crippen LogP contribution < -0.4 is 10.5 Å². The van der Waals surface area contributed by atoms with Crippen LogP contribution in [0.25, 0.3) is 0 Å². The number of ether oxygens (including phenoxy) is 1. The van der Waals surface area contributed by atoms with Crippen LogP contribution in [0.15, 0.2) is 29.3 Å². The molecule has 110 valence electrons. The van der Waals surface area contributed by atoms with Gasteiger partial charge in [-0.15, -0.1) is 0 Å². The summed E-state index contributed by atoms with van der Waals surface area (Å²) in [6, 6.07) is 6.73. The summed E-state index contributed by atoms with van der Waals surface area (Å²) in [4.78, 5) is 6.30. The molecule has 4 nitrogen and oxygen atoms in total. The molecule has 1 aromatic rings. The van der Waals surface area contributed by atoms with Crippen LogP contribution in [0, 0.1) is 0 Å². The smallest absolute Gasteiger partial charge is 0.387 e. The molecule has 0 aromatic heterocycles. The zero-order valence-electron chi connectivity index (χ0n) is 11.6. The first-order chi connectivity index (χ1) is 9.47. The number of hydrogen-bond donors (Lipinski definition) is 1. The van der Waals surface area contributed by atoms with E-state index < -0.39 is 12.2 Å². The van der Waals surface area contributed by atoms with Gasteiger partial charge in [-0.3, -0.25) is 4.99 Å². The van der Waals surface area contributed by atoms with Crippen molar-refractivity contribution in [2.24, 2.45) is 10.7 Å². The van der Waals surface area contributed by atoms with Gasteiger partial charge in [0.2, 0.25) is 0 Å². The highest BCUT2D eigenvalue weighted by Gasteiger charge is 2.39. The molecule has 0 fully saturated rings. The van der Waals surface area contributed by atoms with Gasteiger partial charge in [0, 0.05) is 6.54 Å². The molecule has 0 saturated carbocycles. The van der Waals surface area contributed by atoms with Gasteiger partial charge in [-0.25, -0.2) is 0 Å². The molecule has 2 N–H and O–H groups in total. The van der Waals surface area contributed by atoms with Crippen molar-refractivity contribution in [3.63, 3.8) is 0 Å². The largest absolute Gasteiger partial charge is 0.435 e. The summed E-state index contributed by atoms with van der Waals surface area (Å²) < 4.78 is 29.1. The number of alkyl halides is 2. The molecule has 2 rings (SSSR count). The monoisotopic (exact) mass is 283 g/mol. The minimum absolute atomic E-state index is 0.153. The summed E-state index contributed by atoms with van der Waals surface area (Å²) in [5.74, 6) is 0.648. The molecule has 0 saturated heterocycles. The van der Waals surface area contributed by atoms with Crippen molar-refractivity contribution in [3.05, 3.63) is 29.8 Å². The van der Waals surface area contributed by atoms with E-state index in [1.54, 1.807) is 12.1 Å². The fraction of sp³-hybridized carbons (Fsp3) is 0.500. The Morgan fingerprint density at radius 1 is 1.50 bits per heavy atom. The molecule has 1 atom stereocenters. The fourth-order valence-electron chi connectivity index (χ4n) is 2.50. The first kappa shape index (κ1) is 14.6. The molecule has 1 heterocycles. The highest BCUT2D eigenvalue weighted by Crippen LogP contribution is 2.34. The minimum atomic E-state index is -2.82. The lowest BCUT2D eigenvalue weighted by Crippen LogP contribution is -2.47. The van der Waals surface area contributed by atoms with E-state index in [4.69, 9.17) is 5.73 Å². The predicted molar refractivity (Wildman–Crippen MR) is 73.9 cm³/mol. The molecule has 0 spiro atoms. The van der Waals surface area contributed by atoms with Crippen molar-refractivity contribution in [2.45, 2.75) is 32.4 Å². The summed E-state index contributed by atoms with van der Waals surface area (Å²) in [5.41, 5.74) is 6.38. The number of guanidine groups is 1. The molecular formula is C14H19F2N3O. The third-order valence-corrected chi connectivity index (χ3v) is 3.55. The maximum Gasteiger partial charge on any atom is 0.387 e. The van der Waals surface area contributed by atoms with E-state index in [1.807, 2.05) is 17.9 Å². The summed E-state index contributed by atoms with van der Waals surface area (Å²) in [6.45, 7) is 2.52. The highest BCUT2D eigenvalue weighted by atomic mass is 19.3. The number of hydrogen-bond acceptors (Lipinski definition) is 4. The first-order valence-corrected chi connectivity index (χ1v) is 6.60. The van der Waals surface area contributed by atoms with Gasteiger partial charge in [0.15, 0.2) is 5.96 Å². The maximum atomic E-state index is 12.3. The Balaban J connectivity index is 2.30. The molecule has 1 unspecified atom stereocenters. The summed E-state index contributed by atoms with van der Waals surface area (Å²) in [6.07, 6.45) is 0.930. The molecular weight excluding hydrogens is 264 g/mol. The van der Waals surface area contributed by atoms with Crippen molar-refractivity contribution in [1.82, 2.24) is 4.90 Å². The second-order valence-electron chi connectivity index (χ2n) is 5.01. The van der Waals surface area contributed by atoms with Crippen LogP contribution in [-0.2, 0) is 5.54 Å². The molecule has 0 amide bonds. The Labute approximate surface area is 117 Å². The van der Waals surface area contributed by atoms with Crippen molar-refractivity contribution in [2.75, 3.05) is 13.1 Å². The van der Waals surface area contributed by atoms with Gasteiger partial charge >= 0.3 is 6.61 Å². The van der Waals surface area contributed by atoms with Crippen LogP contribution in [-0.4, -0.2) is 30.6 Å². The summed E-state index contributed by atoms with van der Waals surface area (Å²) in [5, 5.41) is 0.